The highest BCUT2D eigenvalue weighted by Crippen LogP contribution is 2.33. The fraction of sp³-hybridized carbons (Fsp3) is 0.688. The Balaban J connectivity index is 1.71. The van der Waals surface area contributed by atoms with Crippen LogP contribution >= 0.6 is 0 Å². The lowest BCUT2D eigenvalue weighted by atomic mass is 9.90. The maximum atomic E-state index is 13.9. The number of amides is 3. The number of piperidine rings is 1. The summed E-state index contributed by atoms with van der Waals surface area (Å²) in [7, 11) is 3.17. The third-order valence-corrected chi connectivity index (χ3v) is 8.18. The molecule has 2 atom stereocenters. The Morgan fingerprint density at radius 2 is 1.79 bits per heavy atom. The minimum Gasteiger partial charge on any atom is -0.493 e. The zero-order valence-corrected chi connectivity index (χ0v) is 26.5. The molecule has 2 aliphatic rings. The summed E-state index contributed by atoms with van der Waals surface area (Å²) in [6.45, 7) is 8.99. The second kappa shape index (κ2) is 15.3. The van der Waals surface area contributed by atoms with Gasteiger partial charge in [-0.1, -0.05) is 0 Å². The fourth-order valence-electron chi connectivity index (χ4n) is 5.75. The van der Waals surface area contributed by atoms with Crippen LogP contribution in [0, 0.1) is 16.7 Å². The normalized spacial score (nSPS) is 18.6. The third kappa shape index (κ3) is 9.23. The van der Waals surface area contributed by atoms with Crippen molar-refractivity contribution in [2.75, 3.05) is 40.5 Å². The van der Waals surface area contributed by atoms with Gasteiger partial charge in [-0.25, -0.2) is 4.79 Å². The lowest BCUT2D eigenvalue weighted by Crippen LogP contribution is -2.57. The Hall–Kier alpha value is -3.52. The number of carboxylic acid groups (broad SMARTS) is 1. The van der Waals surface area contributed by atoms with Crippen LogP contribution in [-0.4, -0.2) is 102 Å². The molecule has 3 rings (SSSR count). The monoisotopic (exact) mass is 600 g/mol. The molecule has 11 heteroatoms. The van der Waals surface area contributed by atoms with E-state index < -0.39 is 11.5 Å². The maximum Gasteiger partial charge on any atom is 0.407 e. The zero-order valence-electron chi connectivity index (χ0n) is 26.5. The molecule has 0 unspecified atom stereocenters. The number of methoxy groups -OCH3 is 2. The summed E-state index contributed by atoms with van der Waals surface area (Å²) in [5, 5.41) is 19.5. The molecule has 1 heterocycles. The lowest BCUT2D eigenvalue weighted by molar-refractivity contribution is -0.133. The number of hydrogen-bond donors (Lipinski definition) is 1. The smallest absolute Gasteiger partial charge is 0.407 e. The first-order valence-corrected chi connectivity index (χ1v) is 15.2. The van der Waals surface area contributed by atoms with Gasteiger partial charge in [0.1, 0.15) is 0 Å². The number of carbonyl (C=O) groups is 3. The summed E-state index contributed by atoms with van der Waals surface area (Å²) in [5.41, 5.74) is -0.303. The van der Waals surface area contributed by atoms with Gasteiger partial charge < -0.3 is 34.0 Å². The van der Waals surface area contributed by atoms with Gasteiger partial charge in [0.05, 0.1) is 31.2 Å². The van der Waals surface area contributed by atoms with Crippen molar-refractivity contribution in [3.8, 4) is 17.6 Å². The number of ether oxygens (including phenoxy) is 3. The number of hydrogen-bond acceptors (Lipinski definition) is 7. The number of benzene rings is 1. The first-order valence-electron chi connectivity index (χ1n) is 15.2. The molecule has 2 fully saturated rings. The molecule has 43 heavy (non-hydrogen) atoms. The second-order valence-electron chi connectivity index (χ2n) is 12.5. The Kier molecular flexibility index (Phi) is 12.1. The van der Waals surface area contributed by atoms with Crippen molar-refractivity contribution in [3.63, 3.8) is 0 Å². The van der Waals surface area contributed by atoms with E-state index in [2.05, 4.69) is 6.07 Å². The molecular formula is C32H48N4O7. The second-order valence-corrected chi connectivity index (χ2v) is 12.5. The highest BCUT2D eigenvalue weighted by molar-refractivity contribution is 5.95. The van der Waals surface area contributed by atoms with Crippen LogP contribution < -0.4 is 9.47 Å². The van der Waals surface area contributed by atoms with E-state index in [-0.39, 0.29) is 48.9 Å². The number of nitriles is 1. The van der Waals surface area contributed by atoms with Crippen molar-refractivity contribution in [1.29, 1.82) is 5.26 Å². The van der Waals surface area contributed by atoms with Gasteiger partial charge in [0.15, 0.2) is 11.5 Å². The SMILES string of the molecule is COCCCOc1cc(C(=O)N(C(C)C)[C@@H]2CC[C@H](CCN(C(=O)CC(C)(C)C#N)C3CC3)N(C(=O)O)C2)ccc1OC. The van der Waals surface area contributed by atoms with Crippen LogP contribution in [0.25, 0.3) is 0 Å². The van der Waals surface area contributed by atoms with Crippen LogP contribution in [0.4, 0.5) is 4.79 Å². The molecule has 0 bridgehead atoms. The number of carbonyl (C=O) groups excluding carboxylic acids is 2. The number of nitrogens with zero attached hydrogens (tertiary/aromatic N) is 4. The number of likely N-dealkylation sites (tertiary alicyclic amines) is 1. The van der Waals surface area contributed by atoms with Gasteiger partial charge in [-0.3, -0.25) is 9.59 Å². The Morgan fingerprint density at radius 1 is 1.09 bits per heavy atom. The average Bonchev–Trinajstić information content (AvgIpc) is 3.80. The quantitative estimate of drug-likeness (QED) is 0.284. The zero-order chi connectivity index (χ0) is 31.7. The molecule has 1 saturated heterocycles. The molecule has 1 aromatic carbocycles. The molecule has 1 aliphatic heterocycles. The van der Waals surface area contributed by atoms with E-state index >= 15 is 0 Å². The van der Waals surface area contributed by atoms with E-state index in [0.29, 0.717) is 62.5 Å². The van der Waals surface area contributed by atoms with Crippen molar-refractivity contribution in [1.82, 2.24) is 14.7 Å². The molecule has 0 spiro atoms. The van der Waals surface area contributed by atoms with Crippen molar-refractivity contribution >= 4 is 17.9 Å². The summed E-state index contributed by atoms with van der Waals surface area (Å²) in [6.07, 6.45) is 3.42. The molecule has 0 radical (unpaired) electrons. The highest BCUT2D eigenvalue weighted by Gasteiger charge is 2.39. The van der Waals surface area contributed by atoms with Crippen molar-refractivity contribution in [2.45, 2.75) is 96.8 Å². The molecular weight excluding hydrogens is 552 g/mol. The molecule has 1 saturated carbocycles. The fourth-order valence-corrected chi connectivity index (χ4v) is 5.75. The van der Waals surface area contributed by atoms with Gasteiger partial charge in [-0.15, -0.1) is 0 Å². The van der Waals surface area contributed by atoms with E-state index in [4.69, 9.17) is 14.2 Å². The van der Waals surface area contributed by atoms with Crippen LogP contribution in [0.15, 0.2) is 18.2 Å². The van der Waals surface area contributed by atoms with Gasteiger partial charge in [-0.2, -0.15) is 5.26 Å². The van der Waals surface area contributed by atoms with Gasteiger partial charge in [0, 0.05) is 63.3 Å². The predicted octanol–water partition coefficient (Wildman–Crippen LogP) is 4.79. The Morgan fingerprint density at radius 3 is 2.37 bits per heavy atom. The van der Waals surface area contributed by atoms with E-state index in [0.717, 1.165) is 12.8 Å². The third-order valence-electron chi connectivity index (χ3n) is 8.18. The summed E-state index contributed by atoms with van der Waals surface area (Å²) in [6, 6.07) is 6.74. The molecule has 1 aromatic rings. The van der Waals surface area contributed by atoms with Gasteiger partial charge in [0.2, 0.25) is 5.91 Å². The van der Waals surface area contributed by atoms with E-state index in [9.17, 15) is 24.8 Å². The summed E-state index contributed by atoms with van der Waals surface area (Å²) >= 11 is 0. The standard InChI is InChI=1S/C32H48N4O7/c1-22(2)36(30(38)23-8-13-27(42-6)28(18-23)43-17-7-16-41-5)26-12-11-25(35(20-26)31(39)40)14-15-34(24-9-10-24)29(37)19-32(3,4)21-33/h8,13,18,22,24-26H,7,9-12,14-17,19-20H2,1-6H3,(H,39,40)/t25-,26-/m1/s1. The van der Waals surface area contributed by atoms with Crippen LogP contribution in [0.3, 0.4) is 0 Å². The molecule has 11 nitrogen and oxygen atoms in total. The van der Waals surface area contributed by atoms with E-state index in [1.165, 1.54) is 4.90 Å². The molecule has 1 aliphatic carbocycles. The summed E-state index contributed by atoms with van der Waals surface area (Å²) < 4.78 is 16.4. The van der Waals surface area contributed by atoms with Crippen LogP contribution in [0.1, 0.15) is 83.0 Å². The first-order chi connectivity index (χ1) is 20.4. The van der Waals surface area contributed by atoms with Gasteiger partial charge in [-0.05, 0) is 78.0 Å². The van der Waals surface area contributed by atoms with Crippen molar-refractivity contribution < 1.29 is 33.7 Å². The van der Waals surface area contributed by atoms with Crippen molar-refractivity contribution in [2.24, 2.45) is 5.41 Å². The minimum absolute atomic E-state index is 0.0530. The topological polar surface area (TPSA) is 133 Å². The van der Waals surface area contributed by atoms with E-state index in [1.807, 2.05) is 18.7 Å². The van der Waals surface area contributed by atoms with Crippen molar-refractivity contribution in [3.05, 3.63) is 23.8 Å². The Bertz CT molecular complexity index is 1160. The lowest BCUT2D eigenvalue weighted by Gasteiger charge is -2.44. The highest BCUT2D eigenvalue weighted by atomic mass is 16.5. The molecule has 3 amide bonds. The summed E-state index contributed by atoms with van der Waals surface area (Å²) in [4.78, 5) is 44.4. The average molecular weight is 601 g/mol. The van der Waals surface area contributed by atoms with Crippen LogP contribution in [-0.2, 0) is 9.53 Å². The van der Waals surface area contributed by atoms with Gasteiger partial charge >= 0.3 is 6.09 Å². The summed E-state index contributed by atoms with van der Waals surface area (Å²) in [5.74, 6) is 0.746. The van der Waals surface area contributed by atoms with Crippen LogP contribution in [0.5, 0.6) is 11.5 Å². The molecule has 1 N–H and O–H groups in total. The Labute approximate surface area is 255 Å². The van der Waals surface area contributed by atoms with Gasteiger partial charge in [0.25, 0.3) is 5.91 Å². The molecule has 0 aromatic heterocycles. The first kappa shape index (κ1) is 34.0. The number of rotatable bonds is 15. The minimum atomic E-state index is -1.03. The molecule has 238 valence electrons. The maximum absolute atomic E-state index is 13.9. The largest absolute Gasteiger partial charge is 0.493 e. The van der Waals surface area contributed by atoms with E-state index in [1.54, 1.807) is 51.2 Å². The predicted molar refractivity (Wildman–Crippen MR) is 161 cm³/mol. The van der Waals surface area contributed by atoms with Crippen LogP contribution in [0.2, 0.25) is 0 Å².